The molecule has 212 valence electrons. The second kappa shape index (κ2) is 13.0. The molecule has 1 fully saturated rings. The third-order valence-corrected chi connectivity index (χ3v) is 7.59. The molecule has 4 rings (SSSR count). The van der Waals surface area contributed by atoms with E-state index in [-0.39, 0.29) is 22.7 Å². The Hall–Kier alpha value is -3.91. The average molecular weight is 550 g/mol. The van der Waals surface area contributed by atoms with E-state index < -0.39 is 5.97 Å². The van der Waals surface area contributed by atoms with Gasteiger partial charge in [0.2, 0.25) is 5.91 Å². The number of hydrogen-bond acceptors (Lipinski definition) is 4. The number of quaternary nitrogens is 1. The molecule has 3 N–H and O–H groups in total. The number of anilines is 1. The van der Waals surface area contributed by atoms with Crippen LogP contribution in [0.25, 0.3) is 11.1 Å². The first-order chi connectivity index (χ1) is 19.3. The summed E-state index contributed by atoms with van der Waals surface area (Å²) in [4.78, 5) is 26.1. The van der Waals surface area contributed by atoms with E-state index in [1.54, 1.807) is 35.2 Å². The summed E-state index contributed by atoms with van der Waals surface area (Å²) < 4.78 is 25.5. The van der Waals surface area contributed by atoms with E-state index in [4.69, 9.17) is 9.47 Å². The zero-order valence-corrected chi connectivity index (χ0v) is 23.4. The summed E-state index contributed by atoms with van der Waals surface area (Å²) in [6.07, 6.45) is 2.16. The SMILES string of the molecule is CCOc1cc(C[NH2+]CCC2(CC)CC(=O)N(c3cccc(C(=O)O)c3)C2)cc(OCC)c1-c1ccc(F)cc1. The summed E-state index contributed by atoms with van der Waals surface area (Å²) in [7, 11) is 0. The lowest BCUT2D eigenvalue weighted by Crippen LogP contribution is -2.83. The van der Waals surface area contributed by atoms with Gasteiger partial charge in [0.15, 0.2) is 0 Å². The molecule has 1 atom stereocenters. The molecule has 3 aromatic rings. The standard InChI is InChI=1S/C32H37FN2O5/c1-4-32(19-29(36)35(21-32)26-9-7-8-24(18-26)31(37)38)14-15-34-20-22-16-27(39-5-2)30(28(17-22)40-6-3)23-10-12-25(33)13-11-23/h7-13,16-18,34H,4-6,14-15,19-21H2,1-3H3,(H,37,38)/p+1. The van der Waals surface area contributed by atoms with Gasteiger partial charge >= 0.3 is 5.97 Å². The van der Waals surface area contributed by atoms with Crippen molar-refractivity contribution in [1.82, 2.24) is 0 Å². The van der Waals surface area contributed by atoms with Crippen molar-refractivity contribution in [3.8, 4) is 22.6 Å². The molecule has 1 aliphatic heterocycles. The van der Waals surface area contributed by atoms with Gasteiger partial charge in [-0.2, -0.15) is 0 Å². The maximum absolute atomic E-state index is 13.6. The van der Waals surface area contributed by atoms with Crippen LogP contribution in [0.3, 0.4) is 0 Å². The number of benzene rings is 3. The van der Waals surface area contributed by atoms with Crippen molar-refractivity contribution in [2.24, 2.45) is 5.41 Å². The molecule has 0 bridgehead atoms. The fraction of sp³-hybridized carbons (Fsp3) is 0.375. The van der Waals surface area contributed by atoms with Crippen LogP contribution >= 0.6 is 0 Å². The Kier molecular flexibility index (Phi) is 9.42. The van der Waals surface area contributed by atoms with Gasteiger partial charge in [-0.05, 0) is 68.3 Å². The zero-order valence-electron chi connectivity index (χ0n) is 23.4. The van der Waals surface area contributed by atoms with E-state index in [9.17, 15) is 19.1 Å². The Morgan fingerprint density at radius 2 is 1.70 bits per heavy atom. The Bertz CT molecular complexity index is 1320. The number of rotatable bonds is 13. The minimum Gasteiger partial charge on any atom is -0.493 e. The summed E-state index contributed by atoms with van der Waals surface area (Å²) in [5.41, 5.74) is 3.35. The van der Waals surface area contributed by atoms with Gasteiger partial charge in [-0.15, -0.1) is 0 Å². The lowest BCUT2D eigenvalue weighted by atomic mass is 9.81. The van der Waals surface area contributed by atoms with Crippen LogP contribution in [-0.2, 0) is 11.3 Å². The number of aromatic carboxylic acids is 1. The van der Waals surface area contributed by atoms with Crippen LogP contribution in [0.1, 0.15) is 56.0 Å². The second-order valence-electron chi connectivity index (χ2n) is 10.2. The van der Waals surface area contributed by atoms with E-state index in [0.717, 1.165) is 36.1 Å². The number of halogens is 1. The highest BCUT2D eigenvalue weighted by Gasteiger charge is 2.42. The Morgan fingerprint density at radius 1 is 1.02 bits per heavy atom. The molecule has 0 aromatic heterocycles. The lowest BCUT2D eigenvalue weighted by Gasteiger charge is -2.27. The molecule has 0 spiro atoms. The number of carboxylic acid groups (broad SMARTS) is 1. The predicted octanol–water partition coefficient (Wildman–Crippen LogP) is 5.28. The number of ether oxygens (including phenoxy) is 2. The largest absolute Gasteiger partial charge is 0.493 e. The van der Waals surface area contributed by atoms with Crippen LogP contribution in [0, 0.1) is 11.2 Å². The highest BCUT2D eigenvalue weighted by molar-refractivity contribution is 5.98. The van der Waals surface area contributed by atoms with Gasteiger partial charge in [0.05, 0.1) is 30.9 Å². The minimum absolute atomic E-state index is 0.0310. The van der Waals surface area contributed by atoms with Crippen LogP contribution in [-0.4, -0.2) is 43.3 Å². The first kappa shape index (κ1) is 29.1. The quantitative estimate of drug-likeness (QED) is 0.283. The highest BCUT2D eigenvalue weighted by atomic mass is 19.1. The number of amides is 1. The zero-order chi connectivity index (χ0) is 28.7. The summed E-state index contributed by atoms with van der Waals surface area (Å²) >= 11 is 0. The van der Waals surface area contributed by atoms with Gasteiger partial charge in [0.25, 0.3) is 0 Å². The van der Waals surface area contributed by atoms with Gasteiger partial charge in [-0.25, -0.2) is 9.18 Å². The third kappa shape index (κ3) is 6.62. The Morgan fingerprint density at radius 3 is 2.30 bits per heavy atom. The number of hydrogen-bond donors (Lipinski definition) is 2. The van der Waals surface area contributed by atoms with Crippen LogP contribution < -0.4 is 19.7 Å². The lowest BCUT2D eigenvalue weighted by molar-refractivity contribution is -0.672. The Balaban J connectivity index is 1.45. The van der Waals surface area contributed by atoms with Crippen LogP contribution in [0.4, 0.5) is 10.1 Å². The van der Waals surface area contributed by atoms with Crippen LogP contribution in [0.15, 0.2) is 60.7 Å². The monoisotopic (exact) mass is 549 g/mol. The van der Waals surface area contributed by atoms with Crippen molar-refractivity contribution in [3.63, 3.8) is 0 Å². The molecular formula is C32H38FN2O5+. The van der Waals surface area contributed by atoms with E-state index in [1.165, 1.54) is 18.2 Å². The normalized spacial score (nSPS) is 16.8. The molecule has 7 nitrogen and oxygen atoms in total. The number of nitrogens with two attached hydrogens (primary N) is 1. The van der Waals surface area contributed by atoms with Crippen molar-refractivity contribution in [2.45, 2.75) is 46.6 Å². The molecule has 0 radical (unpaired) electrons. The number of carbonyl (C=O) groups excluding carboxylic acids is 1. The molecule has 3 aromatic carbocycles. The molecule has 1 amide bonds. The molecule has 1 aliphatic rings. The van der Waals surface area contributed by atoms with Gasteiger partial charge in [-0.1, -0.05) is 25.1 Å². The average Bonchev–Trinajstić information content (AvgIpc) is 3.29. The summed E-state index contributed by atoms with van der Waals surface area (Å²) in [5, 5.41) is 11.6. The predicted molar refractivity (Wildman–Crippen MR) is 152 cm³/mol. The molecule has 1 heterocycles. The third-order valence-electron chi connectivity index (χ3n) is 7.59. The molecule has 0 saturated carbocycles. The fourth-order valence-electron chi connectivity index (χ4n) is 5.40. The van der Waals surface area contributed by atoms with Gasteiger partial charge in [-0.3, -0.25) is 4.79 Å². The maximum atomic E-state index is 13.6. The second-order valence-corrected chi connectivity index (χ2v) is 10.2. The molecule has 8 heteroatoms. The molecule has 40 heavy (non-hydrogen) atoms. The maximum Gasteiger partial charge on any atom is 0.335 e. The van der Waals surface area contributed by atoms with Crippen molar-refractivity contribution in [2.75, 3.05) is 31.2 Å². The van der Waals surface area contributed by atoms with Crippen molar-refractivity contribution >= 4 is 17.6 Å². The molecule has 0 aliphatic carbocycles. The molecule has 1 saturated heterocycles. The summed E-state index contributed by atoms with van der Waals surface area (Å²) in [5.74, 6) is 0.138. The van der Waals surface area contributed by atoms with Gasteiger partial charge in [0.1, 0.15) is 23.9 Å². The van der Waals surface area contributed by atoms with Crippen molar-refractivity contribution < 1.29 is 33.9 Å². The van der Waals surface area contributed by atoms with Gasteiger partial charge < -0.3 is 24.8 Å². The number of nitrogens with zero attached hydrogens (tertiary/aromatic N) is 1. The molecule has 1 unspecified atom stereocenters. The smallest absolute Gasteiger partial charge is 0.335 e. The van der Waals surface area contributed by atoms with Crippen molar-refractivity contribution in [1.29, 1.82) is 0 Å². The topological polar surface area (TPSA) is 92.7 Å². The van der Waals surface area contributed by atoms with Gasteiger partial charge in [0, 0.05) is 36.1 Å². The van der Waals surface area contributed by atoms with Crippen LogP contribution in [0.5, 0.6) is 11.5 Å². The molecular weight excluding hydrogens is 511 g/mol. The van der Waals surface area contributed by atoms with E-state index in [1.807, 2.05) is 26.0 Å². The summed E-state index contributed by atoms with van der Waals surface area (Å²) in [6, 6.07) is 17.0. The Labute approximate surface area is 234 Å². The van der Waals surface area contributed by atoms with Crippen molar-refractivity contribution in [3.05, 3.63) is 77.6 Å². The summed E-state index contributed by atoms with van der Waals surface area (Å²) in [6.45, 7) is 9.08. The van der Waals surface area contributed by atoms with E-state index in [0.29, 0.717) is 49.9 Å². The minimum atomic E-state index is -1.00. The first-order valence-corrected chi connectivity index (χ1v) is 13.9. The van der Waals surface area contributed by atoms with Crippen LogP contribution in [0.2, 0.25) is 0 Å². The highest BCUT2D eigenvalue weighted by Crippen LogP contribution is 2.41. The van der Waals surface area contributed by atoms with E-state index >= 15 is 0 Å². The number of carbonyl (C=O) groups is 2. The first-order valence-electron chi connectivity index (χ1n) is 13.9. The number of carboxylic acids is 1. The fourth-order valence-corrected chi connectivity index (χ4v) is 5.40. The van der Waals surface area contributed by atoms with E-state index in [2.05, 4.69) is 12.2 Å².